The van der Waals surface area contributed by atoms with Gasteiger partial charge in [-0.05, 0) is 18.3 Å². The molecule has 0 aliphatic carbocycles. The molecular weight excluding hydrogens is 164 g/mol. The first-order chi connectivity index (χ1) is 6.08. The molecule has 13 heavy (non-hydrogen) atoms. The van der Waals surface area contributed by atoms with E-state index in [0.717, 1.165) is 19.8 Å². The van der Waals surface area contributed by atoms with Crippen molar-refractivity contribution in [1.29, 1.82) is 0 Å². The molecule has 0 bridgehead atoms. The Hall–Kier alpha value is -0.0800. The van der Waals surface area contributed by atoms with Crippen LogP contribution in [0.4, 0.5) is 0 Å². The van der Waals surface area contributed by atoms with Crippen LogP contribution in [0, 0.1) is 5.41 Å². The zero-order valence-electron chi connectivity index (χ0n) is 9.14. The minimum Gasteiger partial charge on any atom is -0.379 e. The summed E-state index contributed by atoms with van der Waals surface area (Å²) in [5, 5.41) is 0. The molecule has 1 unspecified atom stereocenters. The topological polar surface area (TPSA) is 21.8 Å². The number of rotatable bonds is 6. The molecule has 1 atom stereocenters. The number of hydrogen-bond donors (Lipinski definition) is 0. The second-order valence-electron chi connectivity index (χ2n) is 5.05. The highest BCUT2D eigenvalue weighted by atomic mass is 16.6. The molecule has 1 fully saturated rings. The Morgan fingerprint density at radius 2 is 2.00 bits per heavy atom. The fourth-order valence-corrected chi connectivity index (χ4v) is 1.24. The third-order valence-electron chi connectivity index (χ3n) is 2.17. The van der Waals surface area contributed by atoms with Crippen LogP contribution < -0.4 is 0 Å². The molecule has 0 radical (unpaired) electrons. The maximum absolute atomic E-state index is 5.45. The minimum absolute atomic E-state index is 0.419. The van der Waals surface area contributed by atoms with E-state index in [0.29, 0.717) is 11.5 Å². The van der Waals surface area contributed by atoms with Crippen LogP contribution in [0.15, 0.2) is 0 Å². The molecule has 1 aliphatic rings. The molecule has 1 rings (SSSR count). The molecule has 1 saturated heterocycles. The normalized spacial score (nSPS) is 21.9. The van der Waals surface area contributed by atoms with Crippen LogP contribution >= 0.6 is 0 Å². The van der Waals surface area contributed by atoms with Gasteiger partial charge in [-0.3, -0.25) is 0 Å². The first kappa shape index (κ1) is 11.0. The van der Waals surface area contributed by atoms with Crippen LogP contribution in [0.3, 0.4) is 0 Å². The van der Waals surface area contributed by atoms with Crippen molar-refractivity contribution in [3.63, 3.8) is 0 Å². The lowest BCUT2D eigenvalue weighted by atomic mass is 9.90. The van der Waals surface area contributed by atoms with E-state index >= 15 is 0 Å². The Morgan fingerprint density at radius 1 is 1.31 bits per heavy atom. The quantitative estimate of drug-likeness (QED) is 0.470. The second kappa shape index (κ2) is 4.97. The Bertz CT molecular complexity index is 134. The van der Waals surface area contributed by atoms with E-state index in [9.17, 15) is 0 Å². The molecule has 0 saturated carbocycles. The van der Waals surface area contributed by atoms with Crippen LogP contribution in [0.1, 0.15) is 40.0 Å². The van der Waals surface area contributed by atoms with Gasteiger partial charge in [0, 0.05) is 6.61 Å². The highest BCUT2D eigenvalue weighted by molar-refractivity contribution is 4.67. The summed E-state index contributed by atoms with van der Waals surface area (Å²) in [7, 11) is 0. The highest BCUT2D eigenvalue weighted by Crippen LogP contribution is 2.21. The third kappa shape index (κ3) is 7.03. The van der Waals surface area contributed by atoms with Gasteiger partial charge in [0.15, 0.2) is 0 Å². The molecule has 0 aromatic heterocycles. The van der Waals surface area contributed by atoms with Gasteiger partial charge in [-0.2, -0.15) is 0 Å². The second-order valence-corrected chi connectivity index (χ2v) is 5.05. The van der Waals surface area contributed by atoms with Crippen molar-refractivity contribution in [3.8, 4) is 0 Å². The van der Waals surface area contributed by atoms with Gasteiger partial charge in [-0.15, -0.1) is 0 Å². The van der Waals surface area contributed by atoms with E-state index in [1.165, 1.54) is 19.3 Å². The zero-order valence-corrected chi connectivity index (χ0v) is 9.14. The van der Waals surface area contributed by atoms with Gasteiger partial charge in [-0.25, -0.2) is 0 Å². The Labute approximate surface area is 81.6 Å². The van der Waals surface area contributed by atoms with Crippen LogP contribution in [-0.2, 0) is 9.47 Å². The largest absolute Gasteiger partial charge is 0.379 e. The third-order valence-corrected chi connectivity index (χ3v) is 2.17. The van der Waals surface area contributed by atoms with Crippen molar-refractivity contribution >= 4 is 0 Å². The van der Waals surface area contributed by atoms with Crippen molar-refractivity contribution in [2.45, 2.75) is 46.1 Å². The van der Waals surface area contributed by atoms with E-state index in [1.54, 1.807) is 0 Å². The SMILES string of the molecule is CC(C)(C)CCCCOCC1CO1. The summed E-state index contributed by atoms with van der Waals surface area (Å²) in [5.74, 6) is 0. The Kier molecular flexibility index (Phi) is 4.20. The van der Waals surface area contributed by atoms with Crippen molar-refractivity contribution in [2.75, 3.05) is 19.8 Å². The standard InChI is InChI=1S/C11H22O2/c1-11(2,3)6-4-5-7-12-8-10-9-13-10/h10H,4-9H2,1-3H3. The molecule has 2 heteroatoms. The monoisotopic (exact) mass is 186 g/mol. The average Bonchev–Trinajstić information content (AvgIpc) is 2.77. The minimum atomic E-state index is 0.419. The number of epoxide rings is 1. The van der Waals surface area contributed by atoms with Crippen LogP contribution in [-0.4, -0.2) is 25.9 Å². The predicted octanol–water partition coefficient (Wildman–Crippen LogP) is 2.62. The fourth-order valence-electron chi connectivity index (χ4n) is 1.24. The first-order valence-electron chi connectivity index (χ1n) is 5.27. The average molecular weight is 186 g/mol. The lowest BCUT2D eigenvalue weighted by molar-refractivity contribution is 0.111. The van der Waals surface area contributed by atoms with Gasteiger partial charge in [-0.1, -0.05) is 27.2 Å². The summed E-state index contributed by atoms with van der Waals surface area (Å²) in [5.41, 5.74) is 0.472. The smallest absolute Gasteiger partial charge is 0.104 e. The van der Waals surface area contributed by atoms with Gasteiger partial charge in [0.2, 0.25) is 0 Å². The van der Waals surface area contributed by atoms with Gasteiger partial charge < -0.3 is 9.47 Å². The Morgan fingerprint density at radius 3 is 2.54 bits per heavy atom. The first-order valence-corrected chi connectivity index (χ1v) is 5.27. The van der Waals surface area contributed by atoms with Crippen molar-refractivity contribution in [2.24, 2.45) is 5.41 Å². The molecule has 1 aliphatic heterocycles. The van der Waals surface area contributed by atoms with Gasteiger partial charge in [0.05, 0.1) is 13.2 Å². The molecule has 2 nitrogen and oxygen atoms in total. The van der Waals surface area contributed by atoms with Gasteiger partial charge >= 0.3 is 0 Å². The summed E-state index contributed by atoms with van der Waals surface area (Å²) < 4.78 is 10.5. The van der Waals surface area contributed by atoms with Crippen molar-refractivity contribution < 1.29 is 9.47 Å². The molecule has 0 spiro atoms. The summed E-state index contributed by atoms with van der Waals surface area (Å²) in [6.07, 6.45) is 4.16. The van der Waals surface area contributed by atoms with Crippen LogP contribution in [0.5, 0.6) is 0 Å². The molecule has 0 amide bonds. The summed E-state index contributed by atoms with van der Waals surface area (Å²) in [4.78, 5) is 0. The predicted molar refractivity (Wildman–Crippen MR) is 53.9 cm³/mol. The summed E-state index contributed by atoms with van der Waals surface area (Å²) in [6, 6.07) is 0. The molecular formula is C11H22O2. The van der Waals surface area contributed by atoms with E-state index in [1.807, 2.05) is 0 Å². The molecule has 0 aromatic rings. The van der Waals surface area contributed by atoms with E-state index in [-0.39, 0.29) is 0 Å². The maximum atomic E-state index is 5.45. The lowest BCUT2D eigenvalue weighted by Gasteiger charge is -2.17. The highest BCUT2D eigenvalue weighted by Gasteiger charge is 2.21. The van der Waals surface area contributed by atoms with Gasteiger partial charge in [0.25, 0.3) is 0 Å². The molecule has 78 valence electrons. The number of ether oxygens (including phenoxy) is 2. The number of unbranched alkanes of at least 4 members (excludes halogenated alkanes) is 1. The maximum Gasteiger partial charge on any atom is 0.104 e. The molecule has 1 heterocycles. The van der Waals surface area contributed by atoms with Crippen molar-refractivity contribution in [3.05, 3.63) is 0 Å². The zero-order chi connectivity index (χ0) is 9.73. The molecule has 0 N–H and O–H groups in total. The van der Waals surface area contributed by atoms with Gasteiger partial charge in [0.1, 0.15) is 6.10 Å². The fraction of sp³-hybridized carbons (Fsp3) is 1.00. The van der Waals surface area contributed by atoms with Crippen LogP contribution in [0.25, 0.3) is 0 Å². The van der Waals surface area contributed by atoms with Crippen molar-refractivity contribution in [1.82, 2.24) is 0 Å². The molecule has 0 aromatic carbocycles. The Balaban J connectivity index is 1.78. The van der Waals surface area contributed by atoms with E-state index < -0.39 is 0 Å². The van der Waals surface area contributed by atoms with Crippen LogP contribution in [0.2, 0.25) is 0 Å². The van der Waals surface area contributed by atoms with E-state index in [4.69, 9.17) is 9.47 Å². The lowest BCUT2D eigenvalue weighted by Crippen LogP contribution is -2.06. The summed E-state index contributed by atoms with van der Waals surface area (Å²) >= 11 is 0. The summed E-state index contributed by atoms with van der Waals surface area (Å²) in [6.45, 7) is 9.46. The van der Waals surface area contributed by atoms with E-state index in [2.05, 4.69) is 20.8 Å². The number of hydrogen-bond acceptors (Lipinski definition) is 2.